The molecule has 1 heterocycles. The Labute approximate surface area is 155 Å². The standard InChI is InChI=1S/C22H27N3O/c1-15-8-9-18(12-16(15)2)17(3)24-13-19-14-25(11-10-22(23)26)21-7-5-4-6-20(19)21/h4-9,12,14,17,24H,10-11,13H2,1-3H3,(H2,23,26). The molecule has 0 saturated heterocycles. The van der Waals surface area contributed by atoms with Gasteiger partial charge in [0.2, 0.25) is 5.91 Å². The van der Waals surface area contributed by atoms with Gasteiger partial charge in [-0.05, 0) is 49.1 Å². The van der Waals surface area contributed by atoms with Gasteiger partial charge in [-0.1, -0.05) is 36.4 Å². The normalized spacial score (nSPS) is 12.4. The highest BCUT2D eigenvalue weighted by Crippen LogP contribution is 2.23. The lowest BCUT2D eigenvalue weighted by Crippen LogP contribution is -2.18. The third kappa shape index (κ3) is 3.97. The van der Waals surface area contributed by atoms with E-state index in [4.69, 9.17) is 5.73 Å². The first kappa shape index (κ1) is 18.2. The lowest BCUT2D eigenvalue weighted by Gasteiger charge is -2.15. The van der Waals surface area contributed by atoms with E-state index in [9.17, 15) is 4.79 Å². The Morgan fingerprint density at radius 1 is 1.15 bits per heavy atom. The topological polar surface area (TPSA) is 60.1 Å². The molecule has 0 aliphatic rings. The van der Waals surface area contributed by atoms with Crippen molar-refractivity contribution in [2.75, 3.05) is 0 Å². The van der Waals surface area contributed by atoms with Gasteiger partial charge < -0.3 is 15.6 Å². The molecule has 1 atom stereocenters. The average molecular weight is 349 g/mol. The van der Waals surface area contributed by atoms with Crippen molar-refractivity contribution in [1.29, 1.82) is 0 Å². The monoisotopic (exact) mass is 349 g/mol. The predicted octanol–water partition coefficient (Wildman–Crippen LogP) is 3.98. The molecule has 1 unspecified atom stereocenters. The maximum absolute atomic E-state index is 11.1. The van der Waals surface area contributed by atoms with Crippen molar-refractivity contribution in [2.45, 2.75) is 46.3 Å². The second-order valence-electron chi connectivity index (χ2n) is 7.03. The van der Waals surface area contributed by atoms with Crippen molar-refractivity contribution < 1.29 is 4.79 Å². The van der Waals surface area contributed by atoms with E-state index in [2.05, 4.69) is 73.3 Å². The fourth-order valence-corrected chi connectivity index (χ4v) is 3.29. The van der Waals surface area contributed by atoms with E-state index in [-0.39, 0.29) is 11.9 Å². The lowest BCUT2D eigenvalue weighted by atomic mass is 10.0. The van der Waals surface area contributed by atoms with Gasteiger partial charge in [0.15, 0.2) is 0 Å². The molecule has 0 fully saturated rings. The zero-order chi connectivity index (χ0) is 18.7. The van der Waals surface area contributed by atoms with Gasteiger partial charge >= 0.3 is 0 Å². The van der Waals surface area contributed by atoms with Crippen molar-refractivity contribution in [3.8, 4) is 0 Å². The van der Waals surface area contributed by atoms with Crippen LogP contribution in [0.1, 0.15) is 41.6 Å². The van der Waals surface area contributed by atoms with Crippen LogP contribution in [0, 0.1) is 13.8 Å². The van der Waals surface area contributed by atoms with Gasteiger partial charge in [0.25, 0.3) is 0 Å². The van der Waals surface area contributed by atoms with Crippen LogP contribution in [0.2, 0.25) is 0 Å². The Hall–Kier alpha value is -2.59. The van der Waals surface area contributed by atoms with Crippen LogP contribution < -0.4 is 11.1 Å². The van der Waals surface area contributed by atoms with E-state index in [1.165, 1.54) is 27.6 Å². The number of benzene rings is 2. The molecular weight excluding hydrogens is 322 g/mol. The number of hydrogen-bond donors (Lipinski definition) is 2. The van der Waals surface area contributed by atoms with Crippen LogP contribution in [0.5, 0.6) is 0 Å². The third-order valence-corrected chi connectivity index (χ3v) is 5.10. The maximum atomic E-state index is 11.1. The van der Waals surface area contributed by atoms with Crippen LogP contribution in [0.4, 0.5) is 0 Å². The Bertz CT molecular complexity index is 926. The summed E-state index contributed by atoms with van der Waals surface area (Å²) in [4.78, 5) is 11.1. The highest BCUT2D eigenvalue weighted by Gasteiger charge is 2.11. The minimum absolute atomic E-state index is 0.266. The van der Waals surface area contributed by atoms with E-state index in [1.807, 2.05) is 6.07 Å². The van der Waals surface area contributed by atoms with Crippen molar-refractivity contribution >= 4 is 16.8 Å². The zero-order valence-corrected chi connectivity index (χ0v) is 15.8. The van der Waals surface area contributed by atoms with Gasteiger partial charge in [0, 0.05) is 42.7 Å². The largest absolute Gasteiger partial charge is 0.370 e. The Morgan fingerprint density at radius 2 is 1.92 bits per heavy atom. The number of hydrogen-bond acceptors (Lipinski definition) is 2. The summed E-state index contributed by atoms with van der Waals surface area (Å²) >= 11 is 0. The smallest absolute Gasteiger partial charge is 0.219 e. The summed E-state index contributed by atoms with van der Waals surface area (Å²) in [6.45, 7) is 7.87. The number of nitrogens with one attached hydrogen (secondary N) is 1. The first-order chi connectivity index (χ1) is 12.5. The molecule has 136 valence electrons. The van der Waals surface area contributed by atoms with Crippen molar-refractivity contribution in [2.24, 2.45) is 5.73 Å². The number of carbonyl (C=O) groups excluding carboxylic acids is 1. The van der Waals surface area contributed by atoms with E-state index in [0.29, 0.717) is 13.0 Å². The second kappa shape index (κ2) is 7.75. The second-order valence-corrected chi connectivity index (χ2v) is 7.03. The van der Waals surface area contributed by atoms with Gasteiger partial charge in [-0.2, -0.15) is 0 Å². The molecule has 0 aliphatic heterocycles. The number of aromatic nitrogens is 1. The van der Waals surface area contributed by atoms with E-state index >= 15 is 0 Å². The summed E-state index contributed by atoms with van der Waals surface area (Å²) in [7, 11) is 0. The summed E-state index contributed by atoms with van der Waals surface area (Å²) in [6, 6.07) is 15.2. The first-order valence-corrected chi connectivity index (χ1v) is 9.11. The molecule has 2 aromatic carbocycles. The van der Waals surface area contributed by atoms with Gasteiger partial charge in [-0.25, -0.2) is 0 Å². The summed E-state index contributed by atoms with van der Waals surface area (Å²) < 4.78 is 2.12. The van der Waals surface area contributed by atoms with Crippen LogP contribution in [-0.4, -0.2) is 10.5 Å². The highest BCUT2D eigenvalue weighted by atomic mass is 16.1. The number of nitrogens with zero attached hydrogens (tertiary/aromatic N) is 1. The highest BCUT2D eigenvalue weighted by molar-refractivity contribution is 5.84. The molecule has 0 saturated carbocycles. The van der Waals surface area contributed by atoms with Gasteiger partial charge in [-0.3, -0.25) is 4.79 Å². The lowest BCUT2D eigenvalue weighted by molar-refractivity contribution is -0.118. The van der Waals surface area contributed by atoms with Crippen molar-refractivity contribution in [3.05, 3.63) is 70.9 Å². The van der Waals surface area contributed by atoms with Gasteiger partial charge in [-0.15, -0.1) is 0 Å². The molecular formula is C22H27N3O. The Kier molecular flexibility index (Phi) is 5.43. The molecule has 1 amide bonds. The molecule has 3 rings (SSSR count). The molecule has 3 N–H and O–H groups in total. The zero-order valence-electron chi connectivity index (χ0n) is 15.8. The van der Waals surface area contributed by atoms with Crippen LogP contribution in [0.25, 0.3) is 10.9 Å². The van der Waals surface area contributed by atoms with Gasteiger partial charge in [0.05, 0.1) is 0 Å². The number of nitrogens with two attached hydrogens (primary N) is 1. The van der Waals surface area contributed by atoms with Crippen molar-refractivity contribution in [3.63, 3.8) is 0 Å². The maximum Gasteiger partial charge on any atom is 0.219 e. The minimum atomic E-state index is -0.272. The Balaban J connectivity index is 1.77. The fraction of sp³-hybridized carbons (Fsp3) is 0.318. The summed E-state index contributed by atoms with van der Waals surface area (Å²) in [5, 5.41) is 4.85. The number of aryl methyl sites for hydroxylation is 3. The van der Waals surface area contributed by atoms with Crippen molar-refractivity contribution in [1.82, 2.24) is 9.88 Å². The van der Waals surface area contributed by atoms with Crippen LogP contribution in [-0.2, 0) is 17.9 Å². The number of carbonyl (C=O) groups is 1. The molecule has 1 aromatic heterocycles. The number of amides is 1. The number of primary amides is 1. The molecule has 0 bridgehead atoms. The first-order valence-electron chi connectivity index (χ1n) is 9.11. The average Bonchev–Trinajstić information content (AvgIpc) is 2.98. The molecule has 26 heavy (non-hydrogen) atoms. The fourth-order valence-electron chi connectivity index (χ4n) is 3.29. The molecule has 4 nitrogen and oxygen atoms in total. The molecule has 4 heteroatoms. The number of rotatable bonds is 7. The van der Waals surface area contributed by atoms with Gasteiger partial charge in [0.1, 0.15) is 0 Å². The summed E-state index contributed by atoms with van der Waals surface area (Å²) in [6.07, 6.45) is 2.48. The third-order valence-electron chi connectivity index (χ3n) is 5.10. The molecule has 0 aliphatic carbocycles. The van der Waals surface area contributed by atoms with E-state index in [1.54, 1.807) is 0 Å². The van der Waals surface area contributed by atoms with Crippen LogP contribution >= 0.6 is 0 Å². The van der Waals surface area contributed by atoms with Crippen LogP contribution in [0.15, 0.2) is 48.7 Å². The summed E-state index contributed by atoms with van der Waals surface area (Å²) in [5.74, 6) is -0.272. The molecule has 0 spiro atoms. The minimum Gasteiger partial charge on any atom is -0.370 e. The SMILES string of the molecule is Cc1ccc(C(C)NCc2cn(CCC(N)=O)c3ccccc23)cc1C. The summed E-state index contributed by atoms with van der Waals surface area (Å²) in [5.41, 5.74) is 11.6. The number of fused-ring (bicyclic) bond motifs is 1. The quantitative estimate of drug-likeness (QED) is 0.678. The predicted molar refractivity (Wildman–Crippen MR) is 107 cm³/mol. The number of para-hydroxylation sites is 1. The van der Waals surface area contributed by atoms with E-state index in [0.717, 1.165) is 12.1 Å². The molecule has 0 radical (unpaired) electrons. The Morgan fingerprint density at radius 3 is 2.65 bits per heavy atom. The van der Waals surface area contributed by atoms with Crippen LogP contribution in [0.3, 0.4) is 0 Å². The molecule has 3 aromatic rings. The van der Waals surface area contributed by atoms with E-state index < -0.39 is 0 Å².